The normalized spacial score (nSPS) is 19.7. The number of hydrogen-bond donors (Lipinski definition) is 1. The molecular formula is C24H25N3O3. The summed E-state index contributed by atoms with van der Waals surface area (Å²) in [4.78, 5) is 21.7. The Morgan fingerprint density at radius 3 is 2.53 bits per heavy atom. The maximum atomic E-state index is 13.0. The molecule has 0 saturated heterocycles. The van der Waals surface area contributed by atoms with Gasteiger partial charge in [0.05, 0.1) is 20.4 Å². The maximum Gasteiger partial charge on any atom is 0.229 e. The summed E-state index contributed by atoms with van der Waals surface area (Å²) in [5.74, 6) is 1.77. The SMILES string of the molecule is COc1cnc(CCC2(c3ccccc3)CC2C(=O)Nc2ccccn2)cc1OC. The molecule has 2 heterocycles. The standard InChI is InChI=1S/C24H25N3O3/c1-29-20-14-18(26-16-21(20)30-2)11-12-24(17-8-4-3-5-9-17)15-19(24)23(28)27-22-10-6-7-13-25-22/h3-10,13-14,16,19H,11-12,15H2,1-2H3,(H,25,27,28). The number of nitrogens with one attached hydrogen (secondary N) is 1. The molecule has 4 rings (SSSR count). The van der Waals surface area contributed by atoms with Crippen LogP contribution < -0.4 is 14.8 Å². The van der Waals surface area contributed by atoms with E-state index in [2.05, 4.69) is 27.4 Å². The maximum absolute atomic E-state index is 13.0. The fraction of sp³-hybridized carbons (Fsp3) is 0.292. The van der Waals surface area contributed by atoms with Gasteiger partial charge in [-0.3, -0.25) is 9.78 Å². The predicted octanol–water partition coefficient (Wildman–Crippen LogP) is 4.02. The van der Waals surface area contributed by atoms with E-state index in [1.807, 2.05) is 36.4 Å². The molecule has 1 aliphatic rings. The van der Waals surface area contributed by atoms with Crippen molar-refractivity contribution in [3.05, 3.63) is 78.2 Å². The number of benzene rings is 1. The molecule has 0 aliphatic heterocycles. The van der Waals surface area contributed by atoms with E-state index in [1.54, 1.807) is 32.7 Å². The van der Waals surface area contributed by atoms with Crippen LogP contribution in [0.2, 0.25) is 0 Å². The average Bonchev–Trinajstić information content (AvgIpc) is 3.55. The van der Waals surface area contributed by atoms with Gasteiger partial charge in [0.1, 0.15) is 5.82 Å². The third kappa shape index (κ3) is 3.99. The Morgan fingerprint density at radius 2 is 1.83 bits per heavy atom. The zero-order chi connectivity index (χ0) is 21.0. The monoisotopic (exact) mass is 403 g/mol. The first-order valence-electron chi connectivity index (χ1n) is 10.0. The Bertz CT molecular complexity index is 1010. The second kappa shape index (κ2) is 8.53. The summed E-state index contributed by atoms with van der Waals surface area (Å²) < 4.78 is 10.7. The number of rotatable bonds is 8. The summed E-state index contributed by atoms with van der Waals surface area (Å²) in [5.41, 5.74) is 1.90. The Labute approximate surface area is 176 Å². The lowest BCUT2D eigenvalue weighted by Gasteiger charge is -2.18. The molecule has 1 amide bonds. The van der Waals surface area contributed by atoms with Crippen molar-refractivity contribution in [1.29, 1.82) is 0 Å². The highest BCUT2D eigenvalue weighted by molar-refractivity contribution is 5.95. The number of anilines is 1. The fourth-order valence-corrected chi connectivity index (χ4v) is 4.07. The molecule has 0 bridgehead atoms. The molecule has 2 aromatic heterocycles. The van der Waals surface area contributed by atoms with Crippen LogP contribution in [0, 0.1) is 5.92 Å². The lowest BCUT2D eigenvalue weighted by molar-refractivity contribution is -0.117. The molecule has 0 radical (unpaired) electrons. The van der Waals surface area contributed by atoms with Crippen molar-refractivity contribution in [2.45, 2.75) is 24.7 Å². The highest BCUT2D eigenvalue weighted by atomic mass is 16.5. The lowest BCUT2D eigenvalue weighted by Crippen LogP contribution is -2.22. The van der Waals surface area contributed by atoms with Crippen molar-refractivity contribution in [2.75, 3.05) is 19.5 Å². The molecule has 6 heteroatoms. The Morgan fingerprint density at radius 1 is 1.07 bits per heavy atom. The third-order valence-corrected chi connectivity index (χ3v) is 5.81. The van der Waals surface area contributed by atoms with Crippen LogP contribution in [-0.4, -0.2) is 30.1 Å². The topological polar surface area (TPSA) is 73.3 Å². The van der Waals surface area contributed by atoms with Crippen molar-refractivity contribution in [3.63, 3.8) is 0 Å². The Balaban J connectivity index is 1.53. The van der Waals surface area contributed by atoms with Crippen LogP contribution in [0.25, 0.3) is 0 Å². The second-order valence-electron chi connectivity index (χ2n) is 7.51. The molecule has 1 saturated carbocycles. The second-order valence-corrected chi connectivity index (χ2v) is 7.51. The number of amides is 1. The first kappa shape index (κ1) is 19.9. The highest BCUT2D eigenvalue weighted by Gasteiger charge is 2.58. The predicted molar refractivity (Wildman–Crippen MR) is 115 cm³/mol. The van der Waals surface area contributed by atoms with E-state index < -0.39 is 0 Å². The van der Waals surface area contributed by atoms with E-state index in [1.165, 1.54) is 5.56 Å². The number of aryl methyl sites for hydroxylation is 1. The number of ether oxygens (including phenoxy) is 2. The van der Waals surface area contributed by atoms with Crippen LogP contribution >= 0.6 is 0 Å². The van der Waals surface area contributed by atoms with Gasteiger partial charge in [-0.1, -0.05) is 36.4 Å². The number of carbonyl (C=O) groups is 1. The minimum Gasteiger partial charge on any atom is -0.493 e. The minimum absolute atomic E-state index is 0.0119. The van der Waals surface area contributed by atoms with Gasteiger partial charge in [0.2, 0.25) is 5.91 Å². The number of pyridine rings is 2. The van der Waals surface area contributed by atoms with Gasteiger partial charge in [-0.25, -0.2) is 4.98 Å². The van der Waals surface area contributed by atoms with Crippen LogP contribution in [0.1, 0.15) is 24.1 Å². The van der Waals surface area contributed by atoms with Crippen molar-refractivity contribution in [3.8, 4) is 11.5 Å². The van der Waals surface area contributed by atoms with Crippen LogP contribution in [0.4, 0.5) is 5.82 Å². The first-order valence-corrected chi connectivity index (χ1v) is 10.0. The first-order chi connectivity index (χ1) is 14.7. The van der Waals surface area contributed by atoms with Gasteiger partial charge in [0.25, 0.3) is 0 Å². The summed E-state index contributed by atoms with van der Waals surface area (Å²) >= 11 is 0. The Kier molecular flexibility index (Phi) is 5.65. The molecule has 1 N–H and O–H groups in total. The van der Waals surface area contributed by atoms with Crippen molar-refractivity contribution in [1.82, 2.24) is 9.97 Å². The van der Waals surface area contributed by atoms with E-state index in [4.69, 9.17) is 9.47 Å². The largest absolute Gasteiger partial charge is 0.493 e. The van der Waals surface area contributed by atoms with Gasteiger partial charge in [0, 0.05) is 29.3 Å². The van der Waals surface area contributed by atoms with Gasteiger partial charge in [0.15, 0.2) is 11.5 Å². The number of aromatic nitrogens is 2. The molecule has 2 unspecified atom stereocenters. The zero-order valence-electron chi connectivity index (χ0n) is 17.2. The number of methoxy groups -OCH3 is 2. The van der Waals surface area contributed by atoms with E-state index in [-0.39, 0.29) is 17.2 Å². The zero-order valence-corrected chi connectivity index (χ0v) is 17.2. The third-order valence-electron chi connectivity index (χ3n) is 5.81. The molecule has 0 spiro atoms. The van der Waals surface area contributed by atoms with E-state index in [0.29, 0.717) is 17.3 Å². The minimum atomic E-state index is -0.199. The van der Waals surface area contributed by atoms with Crippen LogP contribution in [0.3, 0.4) is 0 Å². The summed E-state index contributed by atoms with van der Waals surface area (Å²) in [6, 6.07) is 17.7. The molecule has 30 heavy (non-hydrogen) atoms. The molecule has 154 valence electrons. The van der Waals surface area contributed by atoms with Gasteiger partial charge >= 0.3 is 0 Å². The quantitative estimate of drug-likeness (QED) is 0.615. The average molecular weight is 403 g/mol. The van der Waals surface area contributed by atoms with Crippen molar-refractivity contribution in [2.24, 2.45) is 5.92 Å². The highest BCUT2D eigenvalue weighted by Crippen LogP contribution is 2.57. The molecule has 2 atom stereocenters. The van der Waals surface area contributed by atoms with Crippen LogP contribution in [0.15, 0.2) is 67.0 Å². The van der Waals surface area contributed by atoms with E-state index in [0.717, 1.165) is 25.0 Å². The number of hydrogen-bond acceptors (Lipinski definition) is 5. The van der Waals surface area contributed by atoms with Crippen LogP contribution in [-0.2, 0) is 16.6 Å². The van der Waals surface area contributed by atoms with Gasteiger partial charge < -0.3 is 14.8 Å². The summed E-state index contributed by atoms with van der Waals surface area (Å²) in [6.07, 6.45) is 5.72. The van der Waals surface area contributed by atoms with Crippen molar-refractivity contribution >= 4 is 11.7 Å². The molecule has 1 fully saturated rings. The number of nitrogens with zero attached hydrogens (tertiary/aromatic N) is 2. The molecule has 3 aromatic rings. The van der Waals surface area contributed by atoms with Gasteiger partial charge in [-0.05, 0) is 37.0 Å². The summed E-state index contributed by atoms with van der Waals surface area (Å²) in [5, 5.41) is 2.96. The molecular weight excluding hydrogens is 378 g/mol. The molecule has 1 aliphatic carbocycles. The molecule has 1 aromatic carbocycles. The summed E-state index contributed by atoms with van der Waals surface area (Å²) in [7, 11) is 3.21. The lowest BCUT2D eigenvalue weighted by atomic mass is 9.87. The van der Waals surface area contributed by atoms with Gasteiger partial charge in [-0.15, -0.1) is 0 Å². The van der Waals surface area contributed by atoms with Crippen LogP contribution in [0.5, 0.6) is 11.5 Å². The van der Waals surface area contributed by atoms with E-state index >= 15 is 0 Å². The number of carbonyl (C=O) groups excluding carboxylic acids is 1. The van der Waals surface area contributed by atoms with E-state index in [9.17, 15) is 4.79 Å². The summed E-state index contributed by atoms with van der Waals surface area (Å²) in [6.45, 7) is 0. The fourth-order valence-electron chi connectivity index (χ4n) is 4.07. The smallest absolute Gasteiger partial charge is 0.229 e. The molecule has 6 nitrogen and oxygen atoms in total. The van der Waals surface area contributed by atoms with Crippen molar-refractivity contribution < 1.29 is 14.3 Å². The Hall–Kier alpha value is -3.41. The van der Waals surface area contributed by atoms with Gasteiger partial charge in [-0.2, -0.15) is 0 Å².